The van der Waals surface area contributed by atoms with E-state index in [4.69, 9.17) is 61.6 Å². The molecule has 0 saturated carbocycles. The van der Waals surface area contributed by atoms with Crippen molar-refractivity contribution in [1.82, 2.24) is 0 Å². The van der Waals surface area contributed by atoms with Gasteiger partial charge in [-0.1, -0.05) is 26.7 Å². The molecule has 15 nitrogen and oxygen atoms in total. The third kappa shape index (κ3) is 39.7. The van der Waals surface area contributed by atoms with Gasteiger partial charge < -0.3 is 61.6 Å². The second kappa shape index (κ2) is 39.2. The van der Waals surface area contributed by atoms with Crippen molar-refractivity contribution in [2.24, 2.45) is 5.92 Å². The number of carbonyl (C=O) groups is 2. The fourth-order valence-corrected chi connectivity index (χ4v) is 4.11. The molecule has 0 rings (SSSR count). The molecule has 0 bridgehead atoms. The standard InChI is InChI=1S/C37H72O15/c1-6-8-9-34(7-2)36(39)51-33-32-50-31-30-49-29-28-48-27-26-47-25-24-46-23-22-45-21-20-44-19-18-43-17-16-42-15-14-41-13-12-40-11-10-35(38)52-37(3,4)5/h34H,6-33H2,1-5H3. The highest BCUT2D eigenvalue weighted by Crippen LogP contribution is 2.14. The minimum absolute atomic E-state index is 0.00810. The molecule has 310 valence electrons. The van der Waals surface area contributed by atoms with Crippen LogP contribution in [0.15, 0.2) is 0 Å². The van der Waals surface area contributed by atoms with Crippen LogP contribution in [0.4, 0.5) is 0 Å². The van der Waals surface area contributed by atoms with E-state index < -0.39 is 5.60 Å². The molecule has 0 aliphatic heterocycles. The summed E-state index contributed by atoms with van der Waals surface area (Å²) in [7, 11) is 0. The zero-order valence-corrected chi connectivity index (χ0v) is 33.0. The lowest BCUT2D eigenvalue weighted by atomic mass is 10.00. The van der Waals surface area contributed by atoms with Gasteiger partial charge in [0.25, 0.3) is 0 Å². The molecular weight excluding hydrogens is 684 g/mol. The predicted octanol–water partition coefficient (Wildman–Crippen LogP) is 3.66. The van der Waals surface area contributed by atoms with E-state index >= 15 is 0 Å². The Labute approximate surface area is 313 Å². The first-order chi connectivity index (χ1) is 25.3. The maximum Gasteiger partial charge on any atom is 0.308 e. The van der Waals surface area contributed by atoms with Gasteiger partial charge in [0, 0.05) is 0 Å². The summed E-state index contributed by atoms with van der Waals surface area (Å²) < 4.78 is 70.6. The Bertz CT molecular complexity index is 766. The topological polar surface area (TPSA) is 154 Å². The van der Waals surface area contributed by atoms with Crippen LogP contribution < -0.4 is 0 Å². The summed E-state index contributed by atoms with van der Waals surface area (Å²) in [5.41, 5.74) is -0.477. The minimum Gasteiger partial charge on any atom is -0.463 e. The van der Waals surface area contributed by atoms with E-state index in [1.165, 1.54) is 0 Å². The zero-order valence-electron chi connectivity index (χ0n) is 33.0. The van der Waals surface area contributed by atoms with Gasteiger partial charge in [-0.05, 0) is 33.6 Å². The largest absolute Gasteiger partial charge is 0.463 e. The van der Waals surface area contributed by atoms with E-state index in [9.17, 15) is 9.59 Å². The number of hydrogen-bond acceptors (Lipinski definition) is 15. The van der Waals surface area contributed by atoms with Gasteiger partial charge in [-0.3, -0.25) is 9.59 Å². The summed E-state index contributed by atoms with van der Waals surface area (Å²) in [6.07, 6.45) is 4.05. The number of rotatable bonds is 41. The molecule has 0 heterocycles. The summed E-state index contributed by atoms with van der Waals surface area (Å²) in [4.78, 5) is 23.6. The molecule has 0 spiro atoms. The SMILES string of the molecule is CCCCC(CC)C(=O)OCCOCCOCCOCCOCCOCCOCCOCCOCCOCCOCCOCCC(=O)OC(C)(C)C. The molecule has 0 N–H and O–H groups in total. The van der Waals surface area contributed by atoms with Gasteiger partial charge in [0.1, 0.15) is 12.2 Å². The van der Waals surface area contributed by atoms with E-state index in [0.29, 0.717) is 145 Å². The van der Waals surface area contributed by atoms with Crippen molar-refractivity contribution in [1.29, 1.82) is 0 Å². The van der Waals surface area contributed by atoms with Crippen LogP contribution >= 0.6 is 0 Å². The van der Waals surface area contributed by atoms with Crippen LogP contribution in [0.3, 0.4) is 0 Å². The van der Waals surface area contributed by atoms with Crippen LogP contribution in [-0.2, 0) is 71.2 Å². The molecule has 0 aliphatic rings. The van der Waals surface area contributed by atoms with Crippen molar-refractivity contribution < 1.29 is 71.2 Å². The Hall–Kier alpha value is -1.50. The van der Waals surface area contributed by atoms with Crippen molar-refractivity contribution in [3.8, 4) is 0 Å². The van der Waals surface area contributed by atoms with Crippen molar-refractivity contribution in [2.45, 2.75) is 72.3 Å². The summed E-state index contributed by atoms with van der Waals surface area (Å²) in [6.45, 7) is 20.1. The first-order valence-corrected chi connectivity index (χ1v) is 19.0. The fraction of sp³-hybridized carbons (Fsp3) is 0.946. The Balaban J connectivity index is 3.17. The number of ether oxygens (including phenoxy) is 13. The minimum atomic E-state index is -0.477. The molecule has 0 amide bonds. The fourth-order valence-electron chi connectivity index (χ4n) is 4.11. The number of esters is 2. The maximum atomic E-state index is 12.0. The lowest BCUT2D eigenvalue weighted by Crippen LogP contribution is -2.24. The van der Waals surface area contributed by atoms with Crippen LogP contribution in [0.25, 0.3) is 0 Å². The molecule has 1 atom stereocenters. The predicted molar refractivity (Wildman–Crippen MR) is 194 cm³/mol. The van der Waals surface area contributed by atoms with Crippen molar-refractivity contribution in [3.63, 3.8) is 0 Å². The van der Waals surface area contributed by atoms with E-state index in [1.54, 1.807) is 0 Å². The summed E-state index contributed by atoms with van der Waals surface area (Å²) in [6, 6.07) is 0. The third-order valence-electron chi connectivity index (χ3n) is 6.79. The highest BCUT2D eigenvalue weighted by molar-refractivity contribution is 5.72. The summed E-state index contributed by atoms with van der Waals surface area (Å²) in [5, 5.41) is 0. The highest BCUT2D eigenvalue weighted by Gasteiger charge is 2.17. The lowest BCUT2D eigenvalue weighted by Gasteiger charge is -2.19. The third-order valence-corrected chi connectivity index (χ3v) is 6.79. The molecule has 15 heteroatoms. The summed E-state index contributed by atoms with van der Waals surface area (Å²) in [5.74, 6) is -0.400. The second-order valence-electron chi connectivity index (χ2n) is 12.5. The molecule has 0 fully saturated rings. The van der Waals surface area contributed by atoms with Gasteiger partial charge >= 0.3 is 11.9 Å². The van der Waals surface area contributed by atoms with E-state index in [0.717, 1.165) is 25.7 Å². The first-order valence-electron chi connectivity index (χ1n) is 19.0. The molecule has 0 aromatic carbocycles. The number of unbranched alkanes of at least 4 members (excludes halogenated alkanes) is 1. The van der Waals surface area contributed by atoms with E-state index in [2.05, 4.69) is 6.92 Å². The highest BCUT2D eigenvalue weighted by atomic mass is 16.6. The Morgan fingerprint density at radius 3 is 1.00 bits per heavy atom. The molecule has 1 unspecified atom stereocenters. The Kier molecular flexibility index (Phi) is 38.1. The van der Waals surface area contributed by atoms with Crippen LogP contribution in [0, 0.1) is 5.92 Å². The van der Waals surface area contributed by atoms with Gasteiger partial charge in [-0.2, -0.15) is 0 Å². The average Bonchev–Trinajstić information content (AvgIpc) is 3.11. The van der Waals surface area contributed by atoms with Crippen LogP contribution in [0.1, 0.15) is 66.7 Å². The van der Waals surface area contributed by atoms with E-state index in [-0.39, 0.29) is 30.9 Å². The van der Waals surface area contributed by atoms with Crippen LogP contribution in [0.2, 0.25) is 0 Å². The zero-order chi connectivity index (χ0) is 38.2. The van der Waals surface area contributed by atoms with Gasteiger partial charge in [0.15, 0.2) is 0 Å². The lowest BCUT2D eigenvalue weighted by molar-refractivity contribution is -0.156. The molecule has 52 heavy (non-hydrogen) atoms. The molecule has 0 radical (unpaired) electrons. The van der Waals surface area contributed by atoms with E-state index in [1.807, 2.05) is 27.7 Å². The smallest absolute Gasteiger partial charge is 0.308 e. The number of hydrogen-bond donors (Lipinski definition) is 0. The van der Waals surface area contributed by atoms with Crippen molar-refractivity contribution in [3.05, 3.63) is 0 Å². The van der Waals surface area contributed by atoms with Crippen LogP contribution in [0.5, 0.6) is 0 Å². The average molecular weight is 757 g/mol. The van der Waals surface area contributed by atoms with Gasteiger partial charge in [0.2, 0.25) is 0 Å². The first kappa shape index (κ1) is 50.5. The maximum absolute atomic E-state index is 12.0. The van der Waals surface area contributed by atoms with Gasteiger partial charge in [-0.25, -0.2) is 0 Å². The van der Waals surface area contributed by atoms with Gasteiger partial charge in [0.05, 0.1) is 158 Å². The molecule has 0 aliphatic carbocycles. The number of carbonyl (C=O) groups excluding carboxylic acids is 2. The summed E-state index contributed by atoms with van der Waals surface area (Å²) >= 11 is 0. The van der Waals surface area contributed by atoms with Crippen molar-refractivity contribution in [2.75, 3.05) is 152 Å². The molecule has 0 saturated heterocycles. The molecular formula is C37H72O15. The Morgan fingerprint density at radius 1 is 0.442 bits per heavy atom. The quantitative estimate of drug-likeness (QED) is 0.0658. The molecule has 0 aromatic rings. The molecule has 0 aromatic heterocycles. The van der Waals surface area contributed by atoms with Crippen LogP contribution in [-0.4, -0.2) is 169 Å². The normalized spacial score (nSPS) is 12.3. The van der Waals surface area contributed by atoms with Crippen molar-refractivity contribution >= 4 is 11.9 Å². The monoisotopic (exact) mass is 756 g/mol. The van der Waals surface area contributed by atoms with Gasteiger partial charge in [-0.15, -0.1) is 0 Å². The second-order valence-corrected chi connectivity index (χ2v) is 12.5. The Morgan fingerprint density at radius 2 is 0.731 bits per heavy atom.